The van der Waals surface area contributed by atoms with Crippen LogP contribution in [-0.4, -0.2) is 34.9 Å². The number of aryl methyl sites for hydroxylation is 1. The number of rotatable bonds is 7. The molecule has 0 aromatic carbocycles. The van der Waals surface area contributed by atoms with Crippen LogP contribution in [0.2, 0.25) is 0 Å². The van der Waals surface area contributed by atoms with Crippen LogP contribution in [0.3, 0.4) is 0 Å². The Hall–Kier alpha value is -1.42. The van der Waals surface area contributed by atoms with Gasteiger partial charge < -0.3 is 10.2 Å². The molecular weight excluding hydrogens is 262 g/mol. The maximum absolute atomic E-state index is 11.9. The van der Waals surface area contributed by atoms with Crippen LogP contribution in [0, 0.1) is 0 Å². The minimum atomic E-state index is 0.127. The van der Waals surface area contributed by atoms with E-state index >= 15 is 0 Å². The molecule has 0 saturated carbocycles. The summed E-state index contributed by atoms with van der Waals surface area (Å²) < 4.78 is 0. The van der Waals surface area contributed by atoms with Crippen LogP contribution >= 0.6 is 0 Å². The van der Waals surface area contributed by atoms with Crippen molar-refractivity contribution in [1.29, 1.82) is 0 Å². The van der Waals surface area contributed by atoms with Crippen molar-refractivity contribution in [2.24, 2.45) is 0 Å². The second-order valence-corrected chi connectivity index (χ2v) is 5.92. The average molecular weight is 289 g/mol. The van der Waals surface area contributed by atoms with Gasteiger partial charge >= 0.3 is 0 Å². The number of carbonyl (C=O) groups excluding carboxylic acids is 1. The van der Waals surface area contributed by atoms with Crippen LogP contribution < -0.4 is 5.32 Å². The number of nitrogens with zero attached hydrogens (tertiary/aromatic N) is 2. The van der Waals surface area contributed by atoms with Gasteiger partial charge in [0.05, 0.1) is 12.2 Å². The van der Waals surface area contributed by atoms with E-state index in [9.17, 15) is 4.79 Å². The summed E-state index contributed by atoms with van der Waals surface area (Å²) in [6.07, 6.45) is 7.02. The first kappa shape index (κ1) is 16.0. The third-order valence-electron chi connectivity index (χ3n) is 4.31. The van der Waals surface area contributed by atoms with E-state index in [4.69, 9.17) is 0 Å². The van der Waals surface area contributed by atoms with Crippen LogP contribution in [0.4, 0.5) is 0 Å². The van der Waals surface area contributed by atoms with Gasteiger partial charge in [-0.15, -0.1) is 0 Å². The molecule has 1 N–H and O–H groups in total. The first-order valence-corrected chi connectivity index (χ1v) is 8.13. The lowest BCUT2D eigenvalue weighted by molar-refractivity contribution is -0.121. The van der Waals surface area contributed by atoms with E-state index in [0.717, 1.165) is 18.5 Å². The quantitative estimate of drug-likeness (QED) is 0.839. The van der Waals surface area contributed by atoms with Gasteiger partial charge in [-0.3, -0.25) is 9.78 Å². The van der Waals surface area contributed by atoms with E-state index < -0.39 is 0 Å². The van der Waals surface area contributed by atoms with E-state index in [-0.39, 0.29) is 5.91 Å². The molecule has 1 aromatic heterocycles. The van der Waals surface area contributed by atoms with Gasteiger partial charge in [-0.2, -0.15) is 0 Å². The van der Waals surface area contributed by atoms with Gasteiger partial charge in [-0.05, 0) is 57.3 Å². The Bertz CT molecular complexity index is 438. The number of pyridine rings is 1. The summed E-state index contributed by atoms with van der Waals surface area (Å²) in [6, 6.07) is 4.58. The molecule has 1 amide bonds. The van der Waals surface area contributed by atoms with Crippen LogP contribution in [0.5, 0.6) is 0 Å². The van der Waals surface area contributed by atoms with Crippen molar-refractivity contribution < 1.29 is 4.79 Å². The second-order valence-electron chi connectivity index (χ2n) is 5.92. The van der Waals surface area contributed by atoms with Gasteiger partial charge in [0, 0.05) is 18.7 Å². The lowest BCUT2D eigenvalue weighted by atomic mass is 10.1. The molecule has 0 unspecified atom stereocenters. The zero-order valence-electron chi connectivity index (χ0n) is 13.3. The zero-order chi connectivity index (χ0) is 15.1. The topological polar surface area (TPSA) is 45.2 Å². The van der Waals surface area contributed by atoms with Gasteiger partial charge in [0.15, 0.2) is 0 Å². The first-order valence-electron chi connectivity index (χ1n) is 8.13. The van der Waals surface area contributed by atoms with Gasteiger partial charge in [-0.25, -0.2) is 0 Å². The fourth-order valence-corrected chi connectivity index (χ4v) is 2.75. The first-order chi connectivity index (χ1) is 10.2. The van der Waals surface area contributed by atoms with Crippen molar-refractivity contribution in [3.8, 4) is 0 Å². The van der Waals surface area contributed by atoms with Crippen LogP contribution in [0.25, 0.3) is 0 Å². The Kier molecular flexibility index (Phi) is 6.18. The minimum Gasteiger partial charge on any atom is -0.350 e. The van der Waals surface area contributed by atoms with Crippen molar-refractivity contribution in [1.82, 2.24) is 15.2 Å². The Morgan fingerprint density at radius 2 is 2.14 bits per heavy atom. The molecule has 1 aliphatic rings. The van der Waals surface area contributed by atoms with Crippen molar-refractivity contribution >= 4 is 5.91 Å². The standard InChI is InChI=1S/C17H27N3O/c1-3-15-7-8-16(18-12-15)13-19-17(21)9-6-14(2)20-10-4-5-11-20/h7-8,12,14H,3-6,9-11,13H2,1-2H3,(H,19,21)/t14-/m1/s1. The van der Waals surface area contributed by atoms with E-state index in [1.165, 1.54) is 31.5 Å². The number of aromatic nitrogens is 1. The number of hydrogen-bond acceptors (Lipinski definition) is 3. The molecule has 1 aliphatic heterocycles. The molecule has 1 atom stereocenters. The van der Waals surface area contributed by atoms with Gasteiger partial charge in [0.2, 0.25) is 5.91 Å². The molecule has 0 radical (unpaired) electrons. The number of carbonyl (C=O) groups is 1. The van der Waals surface area contributed by atoms with Crippen LogP contribution in [0.1, 0.15) is 50.8 Å². The molecule has 0 bridgehead atoms. The average Bonchev–Trinajstić information content (AvgIpc) is 3.05. The lowest BCUT2D eigenvalue weighted by Gasteiger charge is -2.23. The highest BCUT2D eigenvalue weighted by molar-refractivity contribution is 5.75. The summed E-state index contributed by atoms with van der Waals surface area (Å²) in [5.41, 5.74) is 2.15. The summed E-state index contributed by atoms with van der Waals surface area (Å²) in [5.74, 6) is 0.127. The number of amides is 1. The highest BCUT2D eigenvalue weighted by atomic mass is 16.1. The summed E-state index contributed by atoms with van der Waals surface area (Å²) in [6.45, 7) is 7.25. The van der Waals surface area contributed by atoms with E-state index in [2.05, 4.69) is 35.1 Å². The fraction of sp³-hybridized carbons (Fsp3) is 0.647. The summed E-state index contributed by atoms with van der Waals surface area (Å²) in [7, 11) is 0. The predicted octanol–water partition coefficient (Wildman–Crippen LogP) is 2.52. The molecule has 2 rings (SSSR count). The molecule has 4 heteroatoms. The Balaban J connectivity index is 1.66. The van der Waals surface area contributed by atoms with E-state index in [1.807, 2.05) is 12.3 Å². The van der Waals surface area contributed by atoms with Crippen LogP contribution in [-0.2, 0) is 17.8 Å². The SMILES string of the molecule is CCc1ccc(CNC(=O)CC[C@@H](C)N2CCCC2)nc1. The molecular formula is C17H27N3O. The highest BCUT2D eigenvalue weighted by Gasteiger charge is 2.18. The van der Waals surface area contributed by atoms with Crippen molar-refractivity contribution in [2.45, 2.75) is 58.5 Å². The number of likely N-dealkylation sites (tertiary alicyclic amines) is 1. The number of hydrogen-bond donors (Lipinski definition) is 1. The molecule has 1 fully saturated rings. The van der Waals surface area contributed by atoms with Crippen LogP contribution in [0.15, 0.2) is 18.3 Å². The fourth-order valence-electron chi connectivity index (χ4n) is 2.75. The van der Waals surface area contributed by atoms with Gasteiger partial charge in [-0.1, -0.05) is 13.0 Å². The Labute approximate surface area is 127 Å². The maximum atomic E-state index is 11.9. The van der Waals surface area contributed by atoms with E-state index in [1.54, 1.807) is 0 Å². The molecule has 1 saturated heterocycles. The normalized spacial score (nSPS) is 16.9. The van der Waals surface area contributed by atoms with Crippen molar-refractivity contribution in [3.05, 3.63) is 29.6 Å². The van der Waals surface area contributed by atoms with Crippen molar-refractivity contribution in [3.63, 3.8) is 0 Å². The third kappa shape index (κ3) is 5.12. The van der Waals surface area contributed by atoms with Gasteiger partial charge in [0.1, 0.15) is 0 Å². The largest absolute Gasteiger partial charge is 0.350 e. The molecule has 0 spiro atoms. The summed E-state index contributed by atoms with van der Waals surface area (Å²) in [5, 5.41) is 2.96. The molecule has 2 heterocycles. The van der Waals surface area contributed by atoms with Gasteiger partial charge in [0.25, 0.3) is 0 Å². The molecule has 1 aromatic rings. The monoisotopic (exact) mass is 289 g/mol. The molecule has 21 heavy (non-hydrogen) atoms. The summed E-state index contributed by atoms with van der Waals surface area (Å²) in [4.78, 5) is 18.7. The molecule has 0 aliphatic carbocycles. The Morgan fingerprint density at radius 1 is 1.38 bits per heavy atom. The highest BCUT2D eigenvalue weighted by Crippen LogP contribution is 2.14. The summed E-state index contributed by atoms with van der Waals surface area (Å²) >= 11 is 0. The molecule has 4 nitrogen and oxygen atoms in total. The maximum Gasteiger partial charge on any atom is 0.220 e. The predicted molar refractivity (Wildman–Crippen MR) is 85.0 cm³/mol. The van der Waals surface area contributed by atoms with Crippen molar-refractivity contribution in [2.75, 3.05) is 13.1 Å². The second kappa shape index (κ2) is 8.13. The van der Waals surface area contributed by atoms with E-state index in [0.29, 0.717) is 19.0 Å². The number of nitrogens with one attached hydrogen (secondary N) is 1. The lowest BCUT2D eigenvalue weighted by Crippen LogP contribution is -2.32. The molecule has 116 valence electrons. The minimum absolute atomic E-state index is 0.127. The third-order valence-corrected chi connectivity index (χ3v) is 4.31. The zero-order valence-corrected chi connectivity index (χ0v) is 13.3. The smallest absolute Gasteiger partial charge is 0.220 e. The Morgan fingerprint density at radius 3 is 2.76 bits per heavy atom.